The number of nitrogens with zero attached hydrogens (tertiary/aromatic N) is 2. The Balaban J connectivity index is 2.17. The lowest BCUT2D eigenvalue weighted by molar-refractivity contribution is -0.144. The Morgan fingerprint density at radius 3 is 2.37 bits per heavy atom. The van der Waals surface area contributed by atoms with E-state index in [4.69, 9.17) is 0 Å². The van der Waals surface area contributed by atoms with Gasteiger partial charge in [-0.3, -0.25) is 9.59 Å². The normalized spacial score (nSPS) is 13.4. The number of carboxylic acids is 1. The molecule has 0 fully saturated rings. The number of amides is 1. The first-order valence-electron chi connectivity index (χ1n) is 8.61. The van der Waals surface area contributed by atoms with Crippen molar-refractivity contribution in [1.82, 2.24) is 15.1 Å². The van der Waals surface area contributed by atoms with Crippen LogP contribution in [0.1, 0.15) is 42.4 Å². The first-order chi connectivity index (χ1) is 12.7. The van der Waals surface area contributed by atoms with E-state index >= 15 is 0 Å². The van der Waals surface area contributed by atoms with Crippen LogP contribution >= 0.6 is 0 Å². The van der Waals surface area contributed by atoms with Gasteiger partial charge in [0, 0.05) is 17.8 Å². The second kappa shape index (κ2) is 8.28. The summed E-state index contributed by atoms with van der Waals surface area (Å²) in [6.07, 6.45) is 0.145. The number of hydrogen-bond donors (Lipinski definition) is 2. The summed E-state index contributed by atoms with van der Waals surface area (Å²) < 4.78 is 26.4. The van der Waals surface area contributed by atoms with E-state index in [0.717, 1.165) is 0 Å². The number of halogens is 2. The minimum atomic E-state index is -2.78. The van der Waals surface area contributed by atoms with Crippen LogP contribution in [-0.2, 0) is 21.4 Å². The fourth-order valence-electron chi connectivity index (χ4n) is 3.15. The van der Waals surface area contributed by atoms with Crippen molar-refractivity contribution in [1.29, 1.82) is 0 Å². The van der Waals surface area contributed by atoms with Crippen LogP contribution in [0.4, 0.5) is 8.78 Å². The summed E-state index contributed by atoms with van der Waals surface area (Å²) in [5, 5.41) is 16.2. The summed E-state index contributed by atoms with van der Waals surface area (Å²) in [5.41, 5.74) is 0.337. The van der Waals surface area contributed by atoms with Crippen molar-refractivity contribution in [2.24, 2.45) is 0 Å². The molecule has 0 spiro atoms. The third kappa shape index (κ3) is 4.15. The van der Waals surface area contributed by atoms with Gasteiger partial charge in [0.2, 0.25) is 5.91 Å². The van der Waals surface area contributed by atoms with Gasteiger partial charge in [0.15, 0.2) is 0 Å². The summed E-state index contributed by atoms with van der Waals surface area (Å²) in [6.45, 7) is 1.91. The van der Waals surface area contributed by atoms with E-state index in [1.165, 1.54) is 6.92 Å². The van der Waals surface area contributed by atoms with Gasteiger partial charge in [-0.15, -0.1) is 0 Å². The molecule has 2 aromatic rings. The van der Waals surface area contributed by atoms with Crippen molar-refractivity contribution in [3.63, 3.8) is 0 Å². The van der Waals surface area contributed by atoms with Crippen molar-refractivity contribution in [3.8, 4) is 0 Å². The number of aromatic nitrogens is 2. The van der Waals surface area contributed by atoms with Crippen molar-refractivity contribution >= 4 is 11.9 Å². The maximum Gasteiger partial charge on any atom is 0.333 e. The molecule has 0 aliphatic heterocycles. The predicted octanol–water partition coefficient (Wildman–Crippen LogP) is 2.99. The SMILES string of the molecule is CCC(CNC(=O)Cc1c(C)nn(C(F)F)c1C)(C(=O)O)c1ccccc1. The molecule has 0 aliphatic carbocycles. The number of carbonyl (C=O) groups is 2. The summed E-state index contributed by atoms with van der Waals surface area (Å²) in [4.78, 5) is 24.3. The average molecular weight is 379 g/mol. The van der Waals surface area contributed by atoms with Gasteiger partial charge in [-0.1, -0.05) is 37.3 Å². The Labute approximate surface area is 156 Å². The Bertz CT molecular complexity index is 821. The van der Waals surface area contributed by atoms with Gasteiger partial charge in [-0.05, 0) is 25.8 Å². The first kappa shape index (κ1) is 20.5. The highest BCUT2D eigenvalue weighted by molar-refractivity contribution is 5.84. The van der Waals surface area contributed by atoms with Gasteiger partial charge < -0.3 is 10.4 Å². The fraction of sp³-hybridized carbons (Fsp3) is 0.421. The summed E-state index contributed by atoms with van der Waals surface area (Å²) in [5.74, 6) is -1.47. The monoisotopic (exact) mass is 379 g/mol. The number of rotatable bonds is 8. The third-order valence-electron chi connectivity index (χ3n) is 4.92. The molecular weight excluding hydrogens is 356 g/mol. The van der Waals surface area contributed by atoms with Gasteiger partial charge in [0.1, 0.15) is 5.41 Å². The summed E-state index contributed by atoms with van der Waals surface area (Å²) >= 11 is 0. The molecular formula is C19H23F2N3O3. The largest absolute Gasteiger partial charge is 0.481 e. The van der Waals surface area contributed by atoms with Crippen molar-refractivity contribution < 1.29 is 23.5 Å². The Morgan fingerprint density at radius 1 is 1.26 bits per heavy atom. The molecule has 0 aliphatic rings. The van der Waals surface area contributed by atoms with E-state index in [0.29, 0.717) is 21.5 Å². The molecule has 1 unspecified atom stereocenters. The first-order valence-corrected chi connectivity index (χ1v) is 8.61. The lowest BCUT2D eigenvalue weighted by Gasteiger charge is -2.29. The lowest BCUT2D eigenvalue weighted by Crippen LogP contribution is -2.46. The van der Waals surface area contributed by atoms with Crippen molar-refractivity contribution in [3.05, 3.63) is 52.8 Å². The Morgan fingerprint density at radius 2 is 1.89 bits per heavy atom. The zero-order valence-corrected chi connectivity index (χ0v) is 15.5. The average Bonchev–Trinajstić information content (AvgIpc) is 2.91. The van der Waals surface area contributed by atoms with Crippen LogP contribution in [0.2, 0.25) is 0 Å². The molecule has 6 nitrogen and oxygen atoms in total. The second-order valence-corrected chi connectivity index (χ2v) is 6.43. The standard InChI is InChI=1S/C19H23F2N3O3/c1-4-19(17(26)27,14-8-6-5-7-9-14)11-22-16(25)10-15-12(2)23-24(13(15)3)18(20)21/h5-9,18H,4,10-11H2,1-3H3,(H,22,25)(H,26,27). The van der Waals surface area contributed by atoms with Crippen LogP contribution < -0.4 is 5.32 Å². The molecule has 2 rings (SSSR count). The predicted molar refractivity (Wildman–Crippen MR) is 95.7 cm³/mol. The molecule has 1 atom stereocenters. The molecule has 0 radical (unpaired) electrons. The van der Waals surface area contributed by atoms with Gasteiger partial charge in [-0.25, -0.2) is 4.68 Å². The molecule has 0 saturated carbocycles. The highest BCUT2D eigenvalue weighted by Crippen LogP contribution is 2.28. The number of benzene rings is 1. The molecule has 1 aromatic carbocycles. The smallest absolute Gasteiger partial charge is 0.333 e. The number of hydrogen-bond acceptors (Lipinski definition) is 3. The summed E-state index contributed by atoms with van der Waals surface area (Å²) in [7, 11) is 0. The minimum absolute atomic E-state index is 0.0945. The van der Waals surface area contributed by atoms with Gasteiger partial charge in [0.05, 0.1) is 12.1 Å². The summed E-state index contributed by atoms with van der Waals surface area (Å²) in [6, 6.07) is 8.71. The number of carboxylic acid groups (broad SMARTS) is 1. The maximum atomic E-state index is 12.9. The van der Waals surface area contributed by atoms with Gasteiger partial charge in [-0.2, -0.15) is 13.9 Å². The van der Waals surface area contributed by atoms with Crippen LogP contribution in [0.5, 0.6) is 0 Å². The van der Waals surface area contributed by atoms with Crippen LogP contribution in [-0.4, -0.2) is 33.3 Å². The maximum absolute atomic E-state index is 12.9. The highest BCUT2D eigenvalue weighted by atomic mass is 19.3. The molecule has 0 saturated heterocycles. The molecule has 27 heavy (non-hydrogen) atoms. The second-order valence-electron chi connectivity index (χ2n) is 6.43. The third-order valence-corrected chi connectivity index (χ3v) is 4.92. The Hall–Kier alpha value is -2.77. The van der Waals surface area contributed by atoms with E-state index in [2.05, 4.69) is 10.4 Å². The van der Waals surface area contributed by atoms with E-state index in [1.54, 1.807) is 44.2 Å². The molecule has 1 aromatic heterocycles. The molecule has 8 heteroatoms. The van der Waals surface area contributed by atoms with E-state index < -0.39 is 23.8 Å². The van der Waals surface area contributed by atoms with E-state index in [1.807, 2.05) is 0 Å². The minimum Gasteiger partial charge on any atom is -0.481 e. The quantitative estimate of drug-likeness (QED) is 0.739. The topological polar surface area (TPSA) is 84.2 Å². The van der Waals surface area contributed by atoms with E-state index in [9.17, 15) is 23.5 Å². The van der Waals surface area contributed by atoms with E-state index in [-0.39, 0.29) is 25.1 Å². The molecule has 2 N–H and O–H groups in total. The van der Waals surface area contributed by atoms with Crippen molar-refractivity contribution in [2.45, 2.75) is 45.6 Å². The highest BCUT2D eigenvalue weighted by Gasteiger charge is 2.39. The van der Waals surface area contributed by atoms with Crippen LogP contribution in [0.3, 0.4) is 0 Å². The number of aryl methyl sites for hydroxylation is 1. The lowest BCUT2D eigenvalue weighted by atomic mass is 9.78. The van der Waals surface area contributed by atoms with Crippen LogP contribution in [0.15, 0.2) is 30.3 Å². The van der Waals surface area contributed by atoms with Crippen molar-refractivity contribution in [2.75, 3.05) is 6.54 Å². The number of carbonyl (C=O) groups excluding carboxylic acids is 1. The number of alkyl halides is 2. The zero-order valence-electron chi connectivity index (χ0n) is 15.5. The Kier molecular flexibility index (Phi) is 6.30. The van der Waals surface area contributed by atoms with Crippen LogP contribution in [0, 0.1) is 13.8 Å². The zero-order chi connectivity index (χ0) is 20.2. The molecule has 0 bridgehead atoms. The fourth-order valence-corrected chi connectivity index (χ4v) is 3.15. The molecule has 146 valence electrons. The number of aliphatic carboxylic acids is 1. The van der Waals surface area contributed by atoms with Gasteiger partial charge >= 0.3 is 12.5 Å². The molecule has 1 amide bonds. The molecule has 1 heterocycles. The number of nitrogens with one attached hydrogen (secondary N) is 1. The van der Waals surface area contributed by atoms with Gasteiger partial charge in [0.25, 0.3) is 0 Å². The van der Waals surface area contributed by atoms with Crippen LogP contribution in [0.25, 0.3) is 0 Å².